The Balaban J connectivity index is 3.83. The molecule has 1 rings (SSSR count). The predicted molar refractivity (Wildman–Crippen MR) is 112 cm³/mol. The molecule has 0 fully saturated rings. The van der Waals surface area contributed by atoms with E-state index in [1.165, 1.54) is 4.57 Å². The van der Waals surface area contributed by atoms with Crippen molar-refractivity contribution in [2.75, 3.05) is 16.3 Å². The summed E-state index contributed by atoms with van der Waals surface area (Å²) < 4.78 is 9.26. The van der Waals surface area contributed by atoms with Gasteiger partial charge in [0.1, 0.15) is 30.4 Å². The maximum Gasteiger partial charge on any atom is 0.300 e. The molecule has 1 aromatic heterocycles. The van der Waals surface area contributed by atoms with Crippen LogP contribution in [0.25, 0.3) is 0 Å². The highest BCUT2D eigenvalue weighted by Gasteiger charge is 2.39. The molecule has 0 radical (unpaired) electrons. The zero-order valence-electron chi connectivity index (χ0n) is 17.2. The number of nitrogens with one attached hydrogen (secondary N) is 1. The van der Waals surface area contributed by atoms with Crippen molar-refractivity contribution in [3.63, 3.8) is 0 Å². The van der Waals surface area contributed by atoms with E-state index in [1.54, 1.807) is 14.2 Å². The van der Waals surface area contributed by atoms with E-state index in [-0.39, 0.29) is 5.56 Å². The largest absolute Gasteiger partial charge is 0.468 e. The Morgan fingerprint density at radius 1 is 1.00 bits per heavy atom. The van der Waals surface area contributed by atoms with E-state index in [2.05, 4.69) is 73.1 Å². The van der Waals surface area contributed by atoms with Crippen LogP contribution in [0.2, 0.25) is 58.9 Å². The fourth-order valence-electron chi connectivity index (χ4n) is 3.07. The van der Waals surface area contributed by atoms with Crippen LogP contribution in [0.1, 0.15) is 0 Å². The molecule has 0 aliphatic heterocycles. The van der Waals surface area contributed by atoms with Crippen LogP contribution >= 0.6 is 0 Å². The van der Waals surface area contributed by atoms with E-state index in [9.17, 15) is 4.79 Å². The fraction of sp³-hybridized carbons (Fsp3) is 0.733. The second-order valence-electron chi connectivity index (χ2n) is 9.21. The fourth-order valence-corrected chi connectivity index (χ4v) is 13.8. The van der Waals surface area contributed by atoms with Crippen LogP contribution < -0.4 is 19.5 Å². The quantitative estimate of drug-likeness (QED) is 0.758. The summed E-state index contributed by atoms with van der Waals surface area (Å²) in [7, 11) is -1.96. The van der Waals surface area contributed by atoms with Crippen molar-refractivity contribution in [3.05, 3.63) is 10.4 Å². The maximum atomic E-state index is 13.2. The van der Waals surface area contributed by atoms with Gasteiger partial charge in [-0.2, -0.15) is 4.98 Å². The molecule has 0 saturated heterocycles. The van der Waals surface area contributed by atoms with E-state index in [0.29, 0.717) is 11.8 Å². The van der Waals surface area contributed by atoms with Gasteiger partial charge in [0.25, 0.3) is 5.56 Å². The van der Waals surface area contributed by atoms with Crippen molar-refractivity contribution in [2.24, 2.45) is 7.05 Å². The lowest BCUT2D eigenvalue weighted by Crippen LogP contribution is -2.61. The highest BCUT2D eigenvalue weighted by atomic mass is 28.4. The van der Waals surface area contributed by atoms with Crippen molar-refractivity contribution < 1.29 is 4.74 Å². The van der Waals surface area contributed by atoms with Gasteiger partial charge in [-0.3, -0.25) is 9.36 Å². The minimum absolute atomic E-state index is 0.0348. The lowest BCUT2D eigenvalue weighted by atomic mass is 10.5. The van der Waals surface area contributed by atoms with Crippen molar-refractivity contribution in [1.29, 1.82) is 0 Å². The van der Waals surface area contributed by atoms with Gasteiger partial charge in [-0.05, 0) is 0 Å². The smallest absolute Gasteiger partial charge is 0.300 e. The predicted octanol–water partition coefficient (Wildman–Crippen LogP) is 3.51. The highest BCUT2D eigenvalue weighted by molar-refractivity contribution is 6.99. The van der Waals surface area contributed by atoms with Crippen LogP contribution in [-0.2, 0) is 7.05 Å². The minimum atomic E-state index is -1.78. The molecular formula is C15H34N4O2Si3. The summed E-state index contributed by atoms with van der Waals surface area (Å²) in [6.07, 6.45) is 0. The van der Waals surface area contributed by atoms with Crippen LogP contribution in [0.3, 0.4) is 0 Å². The molecule has 0 bridgehead atoms. The molecule has 9 heteroatoms. The Bertz CT molecular complexity index is 641. The first kappa shape index (κ1) is 21.0. The van der Waals surface area contributed by atoms with Gasteiger partial charge < -0.3 is 14.0 Å². The van der Waals surface area contributed by atoms with Gasteiger partial charge >= 0.3 is 6.01 Å². The maximum absolute atomic E-state index is 13.2. The van der Waals surface area contributed by atoms with Crippen LogP contribution in [-0.4, -0.2) is 41.4 Å². The molecule has 0 aliphatic rings. The number of nitrogens with zero attached hydrogens (tertiary/aromatic N) is 3. The van der Waals surface area contributed by atoms with E-state index < -0.39 is 24.7 Å². The number of anilines is 2. The third kappa shape index (κ3) is 4.73. The molecule has 24 heavy (non-hydrogen) atoms. The van der Waals surface area contributed by atoms with Crippen molar-refractivity contribution in [3.8, 4) is 6.01 Å². The minimum Gasteiger partial charge on any atom is -0.468 e. The summed E-state index contributed by atoms with van der Waals surface area (Å²) in [4.78, 5) is 21.4. The summed E-state index contributed by atoms with van der Waals surface area (Å²) in [6.45, 7) is 20.3. The number of hydrogen-bond acceptors (Lipinski definition) is 5. The molecule has 0 atom stereocenters. The molecule has 6 nitrogen and oxygen atoms in total. The van der Waals surface area contributed by atoms with E-state index in [0.717, 1.165) is 5.69 Å². The van der Waals surface area contributed by atoms with Gasteiger partial charge in [0.05, 0.1) is 7.11 Å². The molecule has 1 heterocycles. The Kier molecular flexibility index (Phi) is 5.84. The lowest BCUT2D eigenvalue weighted by molar-refractivity contribution is 0.358. The number of methoxy groups -OCH3 is 1. The van der Waals surface area contributed by atoms with E-state index in [4.69, 9.17) is 4.74 Å². The Morgan fingerprint density at radius 3 is 1.79 bits per heavy atom. The number of hydrogen-bond donors (Lipinski definition) is 1. The monoisotopic (exact) mass is 386 g/mol. The van der Waals surface area contributed by atoms with Gasteiger partial charge in [-0.15, -0.1) is 0 Å². The standard InChI is InChI=1S/C15H34N4O2Si3/c1-18-14(20)12(19(23(6,7)8)24(9,10)11)13(16-15(18)21-2)17-22(3,4)5/h17H,1-11H3. The molecule has 1 aromatic rings. The van der Waals surface area contributed by atoms with Crippen LogP contribution in [0.5, 0.6) is 6.01 Å². The Morgan fingerprint density at radius 2 is 1.46 bits per heavy atom. The summed E-state index contributed by atoms with van der Waals surface area (Å²) in [5.41, 5.74) is 0.687. The third-order valence-corrected chi connectivity index (χ3v) is 11.6. The molecule has 0 amide bonds. The van der Waals surface area contributed by atoms with Gasteiger partial charge in [-0.1, -0.05) is 58.9 Å². The molecule has 0 aliphatic carbocycles. The van der Waals surface area contributed by atoms with Gasteiger partial charge in [0.15, 0.2) is 5.82 Å². The number of aromatic nitrogens is 2. The first-order chi connectivity index (χ1) is 10.6. The molecule has 0 spiro atoms. The molecule has 138 valence electrons. The molecule has 1 N–H and O–H groups in total. The van der Waals surface area contributed by atoms with Crippen LogP contribution in [0.15, 0.2) is 4.79 Å². The zero-order valence-corrected chi connectivity index (χ0v) is 20.2. The average Bonchev–Trinajstić information content (AvgIpc) is 2.33. The van der Waals surface area contributed by atoms with Crippen LogP contribution in [0, 0.1) is 0 Å². The van der Waals surface area contributed by atoms with Crippen molar-refractivity contribution in [2.45, 2.75) is 58.9 Å². The number of rotatable bonds is 6. The second-order valence-corrected chi connectivity index (χ2v) is 24.0. The first-order valence-corrected chi connectivity index (χ1v) is 18.7. The van der Waals surface area contributed by atoms with Crippen LogP contribution in [0.4, 0.5) is 11.5 Å². The normalized spacial score (nSPS) is 13.0. The van der Waals surface area contributed by atoms with E-state index >= 15 is 0 Å². The van der Waals surface area contributed by atoms with Crippen molar-refractivity contribution in [1.82, 2.24) is 9.55 Å². The van der Waals surface area contributed by atoms with E-state index in [1.807, 2.05) is 0 Å². The third-order valence-electron chi connectivity index (χ3n) is 3.47. The lowest BCUT2D eigenvalue weighted by Gasteiger charge is -2.46. The first-order valence-electron chi connectivity index (χ1n) is 8.33. The summed E-state index contributed by atoms with van der Waals surface area (Å²) in [5.74, 6) is 0.680. The molecule has 0 aromatic carbocycles. The average molecular weight is 387 g/mol. The summed E-state index contributed by atoms with van der Waals surface area (Å²) in [5, 5.41) is 0. The molecule has 0 unspecified atom stereocenters. The SMILES string of the molecule is COc1nc(N[Si](C)(C)C)c(N([Si](C)(C)C)[Si](C)(C)C)c(=O)n1C. The van der Waals surface area contributed by atoms with Crippen molar-refractivity contribution >= 4 is 36.2 Å². The molecular weight excluding hydrogens is 352 g/mol. The van der Waals surface area contributed by atoms with Gasteiger partial charge in [0, 0.05) is 7.05 Å². The zero-order chi connectivity index (χ0) is 19.1. The number of ether oxygens (including phenoxy) is 1. The topological polar surface area (TPSA) is 59.4 Å². The Labute approximate surface area is 149 Å². The second kappa shape index (κ2) is 6.68. The summed E-state index contributed by atoms with van der Waals surface area (Å²) in [6, 6.07) is 0.343. The summed E-state index contributed by atoms with van der Waals surface area (Å²) >= 11 is 0. The van der Waals surface area contributed by atoms with Gasteiger partial charge in [0.2, 0.25) is 0 Å². The van der Waals surface area contributed by atoms with Gasteiger partial charge in [-0.25, -0.2) is 0 Å². The Hall–Kier alpha value is -1.07. The highest BCUT2D eigenvalue weighted by Crippen LogP contribution is 2.32. The molecule has 0 saturated carbocycles.